The van der Waals surface area contributed by atoms with Gasteiger partial charge in [-0.15, -0.1) is 0 Å². The fourth-order valence-electron chi connectivity index (χ4n) is 2.26. The van der Waals surface area contributed by atoms with Gasteiger partial charge in [-0.1, -0.05) is 0 Å². The molecule has 0 saturated carbocycles. The summed E-state index contributed by atoms with van der Waals surface area (Å²) in [6.07, 6.45) is 2.96. The lowest BCUT2D eigenvalue weighted by molar-refractivity contribution is 0.170. The van der Waals surface area contributed by atoms with Crippen LogP contribution in [-0.4, -0.2) is 49.6 Å². The Kier molecular flexibility index (Phi) is 4.38. The molecule has 106 valence electrons. The Hall–Kier alpha value is -1.18. The Labute approximate surface area is 113 Å². The van der Waals surface area contributed by atoms with E-state index < -0.39 is 10.0 Å². The minimum Gasteiger partial charge on any atom is -0.396 e. The van der Waals surface area contributed by atoms with Crippen LogP contribution < -0.4 is 5.32 Å². The standard InChI is InChI=1S/C12H19N3O3S/c1-13-12-11(3-2-6-14-12)19(17,18)15-7-4-10(9-16)5-8-15/h2-3,6,10,16H,4-5,7-9H2,1H3,(H,13,14). The SMILES string of the molecule is CNc1ncccc1S(=O)(=O)N1CCC(CO)CC1. The molecule has 0 bridgehead atoms. The molecule has 1 aromatic rings. The number of nitrogens with zero attached hydrogens (tertiary/aromatic N) is 2. The van der Waals surface area contributed by atoms with E-state index in [1.807, 2.05) is 0 Å². The molecule has 0 aromatic carbocycles. The zero-order chi connectivity index (χ0) is 13.9. The van der Waals surface area contributed by atoms with Crippen LogP contribution in [0.3, 0.4) is 0 Å². The quantitative estimate of drug-likeness (QED) is 0.842. The third kappa shape index (κ3) is 2.88. The van der Waals surface area contributed by atoms with Gasteiger partial charge in [-0.05, 0) is 30.9 Å². The second-order valence-electron chi connectivity index (χ2n) is 4.63. The lowest BCUT2D eigenvalue weighted by atomic mass is 10.00. The van der Waals surface area contributed by atoms with Gasteiger partial charge in [-0.2, -0.15) is 4.31 Å². The number of pyridine rings is 1. The molecule has 2 heterocycles. The summed E-state index contributed by atoms with van der Waals surface area (Å²) in [6, 6.07) is 3.18. The molecule has 6 nitrogen and oxygen atoms in total. The molecule has 1 aliphatic rings. The van der Waals surface area contributed by atoms with Crippen LogP contribution in [0.25, 0.3) is 0 Å². The number of hydrogen-bond donors (Lipinski definition) is 2. The van der Waals surface area contributed by atoms with Crippen LogP contribution in [0.2, 0.25) is 0 Å². The number of rotatable bonds is 4. The molecule has 7 heteroatoms. The van der Waals surface area contributed by atoms with Gasteiger partial charge in [0.05, 0.1) is 0 Å². The predicted molar refractivity (Wildman–Crippen MR) is 72.4 cm³/mol. The zero-order valence-corrected chi connectivity index (χ0v) is 11.7. The summed E-state index contributed by atoms with van der Waals surface area (Å²) < 4.78 is 26.6. The Morgan fingerprint density at radius 3 is 2.74 bits per heavy atom. The number of anilines is 1. The van der Waals surface area contributed by atoms with Gasteiger partial charge >= 0.3 is 0 Å². The Morgan fingerprint density at radius 2 is 2.16 bits per heavy atom. The number of aliphatic hydroxyl groups excluding tert-OH is 1. The number of piperidine rings is 1. The van der Waals surface area contributed by atoms with Crippen LogP contribution in [0.5, 0.6) is 0 Å². The Balaban J connectivity index is 2.23. The minimum absolute atomic E-state index is 0.128. The van der Waals surface area contributed by atoms with Crippen molar-refractivity contribution in [2.45, 2.75) is 17.7 Å². The van der Waals surface area contributed by atoms with Crippen molar-refractivity contribution in [1.82, 2.24) is 9.29 Å². The molecule has 1 aliphatic heterocycles. The maximum absolute atomic E-state index is 12.5. The van der Waals surface area contributed by atoms with E-state index in [0.717, 1.165) is 0 Å². The van der Waals surface area contributed by atoms with Crippen LogP contribution in [0.15, 0.2) is 23.2 Å². The van der Waals surface area contributed by atoms with Gasteiger partial charge in [0.15, 0.2) is 0 Å². The second kappa shape index (κ2) is 5.85. The van der Waals surface area contributed by atoms with Crippen molar-refractivity contribution in [3.8, 4) is 0 Å². The number of aromatic nitrogens is 1. The number of sulfonamides is 1. The first-order valence-electron chi connectivity index (χ1n) is 6.33. The minimum atomic E-state index is -3.51. The van der Waals surface area contributed by atoms with Crippen molar-refractivity contribution in [2.75, 3.05) is 32.1 Å². The molecule has 0 spiro atoms. The molecule has 19 heavy (non-hydrogen) atoms. The van der Waals surface area contributed by atoms with E-state index in [-0.39, 0.29) is 17.4 Å². The van der Waals surface area contributed by atoms with Gasteiger partial charge in [-0.3, -0.25) is 0 Å². The van der Waals surface area contributed by atoms with E-state index >= 15 is 0 Å². The fraction of sp³-hybridized carbons (Fsp3) is 0.583. The molecule has 0 unspecified atom stereocenters. The van der Waals surface area contributed by atoms with Crippen LogP contribution in [0, 0.1) is 5.92 Å². The second-order valence-corrected chi connectivity index (χ2v) is 6.54. The van der Waals surface area contributed by atoms with Crippen LogP contribution in [0.1, 0.15) is 12.8 Å². The van der Waals surface area contributed by atoms with Gasteiger partial charge < -0.3 is 10.4 Å². The van der Waals surface area contributed by atoms with Crippen molar-refractivity contribution in [3.63, 3.8) is 0 Å². The molecular weight excluding hydrogens is 266 g/mol. The van der Waals surface area contributed by atoms with Crippen LogP contribution >= 0.6 is 0 Å². The summed E-state index contributed by atoms with van der Waals surface area (Å²) in [7, 11) is -1.86. The highest BCUT2D eigenvalue weighted by molar-refractivity contribution is 7.89. The van der Waals surface area contributed by atoms with Gasteiger partial charge in [0.1, 0.15) is 10.7 Å². The molecule has 0 atom stereocenters. The average molecular weight is 285 g/mol. The van der Waals surface area contributed by atoms with E-state index in [9.17, 15) is 8.42 Å². The van der Waals surface area contributed by atoms with Crippen molar-refractivity contribution in [1.29, 1.82) is 0 Å². The lowest BCUT2D eigenvalue weighted by Gasteiger charge is -2.30. The first-order valence-corrected chi connectivity index (χ1v) is 7.77. The highest BCUT2D eigenvalue weighted by Gasteiger charge is 2.30. The van der Waals surface area contributed by atoms with Crippen LogP contribution in [-0.2, 0) is 10.0 Å². The Morgan fingerprint density at radius 1 is 1.47 bits per heavy atom. The van der Waals surface area contributed by atoms with Crippen molar-refractivity contribution < 1.29 is 13.5 Å². The van der Waals surface area contributed by atoms with Gasteiger partial charge in [-0.25, -0.2) is 13.4 Å². The maximum atomic E-state index is 12.5. The lowest BCUT2D eigenvalue weighted by Crippen LogP contribution is -2.39. The summed E-state index contributed by atoms with van der Waals surface area (Å²) in [4.78, 5) is 4.24. The van der Waals surface area contributed by atoms with Gasteiger partial charge in [0.2, 0.25) is 10.0 Å². The highest BCUT2D eigenvalue weighted by atomic mass is 32.2. The third-order valence-corrected chi connectivity index (χ3v) is 5.39. The topological polar surface area (TPSA) is 82.5 Å². The highest BCUT2D eigenvalue weighted by Crippen LogP contribution is 2.26. The van der Waals surface area contributed by atoms with E-state index in [1.54, 1.807) is 25.4 Å². The normalized spacial score (nSPS) is 18.4. The number of aliphatic hydroxyl groups is 1. The van der Waals surface area contributed by atoms with Crippen molar-refractivity contribution in [2.24, 2.45) is 5.92 Å². The first kappa shape index (κ1) is 14.2. The molecule has 1 aromatic heterocycles. The molecule has 0 amide bonds. The summed E-state index contributed by atoms with van der Waals surface area (Å²) in [5.74, 6) is 0.580. The third-order valence-electron chi connectivity index (χ3n) is 3.46. The predicted octanol–water partition coefficient (Wildman–Crippen LogP) is 0.516. The van der Waals surface area contributed by atoms with Gasteiger partial charge in [0, 0.05) is 32.9 Å². The Bertz CT molecular complexity index is 525. The molecule has 0 radical (unpaired) electrons. The van der Waals surface area contributed by atoms with Crippen LogP contribution in [0.4, 0.5) is 5.82 Å². The van der Waals surface area contributed by atoms with E-state index in [1.165, 1.54) is 4.31 Å². The molecule has 0 aliphatic carbocycles. The number of nitrogens with one attached hydrogen (secondary N) is 1. The molecule has 1 fully saturated rings. The molecular formula is C12H19N3O3S. The van der Waals surface area contributed by atoms with E-state index in [4.69, 9.17) is 5.11 Å². The maximum Gasteiger partial charge on any atom is 0.246 e. The molecule has 1 saturated heterocycles. The van der Waals surface area contributed by atoms with E-state index in [0.29, 0.717) is 31.7 Å². The van der Waals surface area contributed by atoms with Crippen molar-refractivity contribution in [3.05, 3.63) is 18.3 Å². The average Bonchev–Trinajstić information content (AvgIpc) is 2.47. The zero-order valence-electron chi connectivity index (χ0n) is 10.9. The first-order chi connectivity index (χ1) is 9.09. The monoisotopic (exact) mass is 285 g/mol. The summed E-state index contributed by atoms with van der Waals surface area (Å²) in [6.45, 7) is 1.03. The van der Waals surface area contributed by atoms with E-state index in [2.05, 4.69) is 10.3 Å². The summed E-state index contributed by atoms with van der Waals surface area (Å²) in [5, 5.41) is 11.9. The molecule has 2 rings (SSSR count). The fourth-order valence-corrected chi connectivity index (χ4v) is 3.88. The van der Waals surface area contributed by atoms with Crippen molar-refractivity contribution >= 4 is 15.8 Å². The largest absolute Gasteiger partial charge is 0.396 e. The number of hydrogen-bond acceptors (Lipinski definition) is 5. The summed E-state index contributed by atoms with van der Waals surface area (Å²) in [5.41, 5.74) is 0. The smallest absolute Gasteiger partial charge is 0.246 e. The molecule has 2 N–H and O–H groups in total. The summed E-state index contributed by atoms with van der Waals surface area (Å²) >= 11 is 0. The van der Waals surface area contributed by atoms with Gasteiger partial charge in [0.25, 0.3) is 0 Å².